The molecular weight excluding hydrogens is 220 g/mol. The lowest BCUT2D eigenvalue weighted by Gasteiger charge is -2.31. The molecule has 0 unspecified atom stereocenters. The predicted molar refractivity (Wildman–Crippen MR) is 70.6 cm³/mol. The van der Waals surface area contributed by atoms with Crippen molar-refractivity contribution in [3.63, 3.8) is 0 Å². The normalized spacial score (nSPS) is 19.5. The first-order valence-electron chi connectivity index (χ1n) is 5.59. The van der Waals surface area contributed by atoms with Crippen molar-refractivity contribution >= 4 is 18.5 Å². The third kappa shape index (κ3) is 3.25. The van der Waals surface area contributed by atoms with E-state index in [1.807, 2.05) is 13.8 Å². The summed E-state index contributed by atoms with van der Waals surface area (Å²) in [6.45, 7) is 11.6. The standard InChI is InChI=1S/C12H22N2OS/c1-11(2,3)8-6-13-7-9(15)14-10(8)12(4,5)16/h13,16H,6-7H2,1-5H3,(H,14,15). The largest absolute Gasteiger partial charge is 0.327 e. The predicted octanol–water partition coefficient (Wildman–Crippen LogP) is 1.71. The number of rotatable bonds is 1. The molecule has 0 aliphatic carbocycles. The quantitative estimate of drug-likeness (QED) is 0.613. The molecular formula is C12H22N2OS. The van der Waals surface area contributed by atoms with Gasteiger partial charge in [0.25, 0.3) is 0 Å². The second-order valence-corrected chi connectivity index (χ2v) is 6.93. The van der Waals surface area contributed by atoms with Gasteiger partial charge in [-0.3, -0.25) is 4.79 Å². The summed E-state index contributed by atoms with van der Waals surface area (Å²) in [7, 11) is 0. The molecule has 0 radical (unpaired) electrons. The van der Waals surface area contributed by atoms with Crippen LogP contribution in [0.4, 0.5) is 0 Å². The van der Waals surface area contributed by atoms with Crippen LogP contribution in [0.1, 0.15) is 34.6 Å². The maximum absolute atomic E-state index is 11.6. The molecule has 0 saturated carbocycles. The van der Waals surface area contributed by atoms with Crippen molar-refractivity contribution in [2.24, 2.45) is 5.41 Å². The molecule has 92 valence electrons. The SMILES string of the molecule is CC(C)(C)C1=C(C(C)(C)S)NC(=O)CNC1. The Morgan fingerprint density at radius 1 is 1.12 bits per heavy atom. The summed E-state index contributed by atoms with van der Waals surface area (Å²) < 4.78 is -0.329. The third-order valence-electron chi connectivity index (χ3n) is 2.67. The third-order valence-corrected chi connectivity index (χ3v) is 2.89. The monoisotopic (exact) mass is 242 g/mol. The van der Waals surface area contributed by atoms with Gasteiger partial charge < -0.3 is 10.6 Å². The minimum absolute atomic E-state index is 0.0105. The average molecular weight is 242 g/mol. The molecule has 2 N–H and O–H groups in total. The molecule has 0 aromatic carbocycles. The van der Waals surface area contributed by atoms with E-state index in [9.17, 15) is 4.79 Å². The zero-order chi connectivity index (χ0) is 12.6. The van der Waals surface area contributed by atoms with Crippen LogP contribution < -0.4 is 10.6 Å². The number of amides is 1. The van der Waals surface area contributed by atoms with Gasteiger partial charge in [-0.25, -0.2) is 0 Å². The van der Waals surface area contributed by atoms with Crippen LogP contribution >= 0.6 is 12.6 Å². The van der Waals surface area contributed by atoms with E-state index < -0.39 is 0 Å². The molecule has 4 heteroatoms. The number of carbonyl (C=O) groups is 1. The molecule has 1 aliphatic heterocycles. The fourth-order valence-corrected chi connectivity index (χ4v) is 2.00. The van der Waals surface area contributed by atoms with Gasteiger partial charge in [0, 0.05) is 17.0 Å². The highest BCUT2D eigenvalue weighted by molar-refractivity contribution is 7.82. The fraction of sp³-hybridized carbons (Fsp3) is 0.750. The van der Waals surface area contributed by atoms with E-state index in [1.54, 1.807) is 0 Å². The van der Waals surface area contributed by atoms with Gasteiger partial charge in [0.1, 0.15) is 0 Å². The van der Waals surface area contributed by atoms with E-state index in [1.165, 1.54) is 5.57 Å². The Balaban J connectivity index is 3.23. The molecule has 1 rings (SSSR count). The van der Waals surface area contributed by atoms with E-state index in [-0.39, 0.29) is 16.1 Å². The number of hydrogen-bond donors (Lipinski definition) is 3. The lowest BCUT2D eigenvalue weighted by atomic mass is 9.82. The van der Waals surface area contributed by atoms with E-state index in [2.05, 4.69) is 44.0 Å². The number of thiol groups is 1. The Hall–Kier alpha value is -0.480. The van der Waals surface area contributed by atoms with Gasteiger partial charge in [-0.1, -0.05) is 20.8 Å². The van der Waals surface area contributed by atoms with Crippen molar-refractivity contribution < 1.29 is 4.79 Å². The molecule has 3 nitrogen and oxygen atoms in total. The van der Waals surface area contributed by atoms with Crippen LogP contribution in [0.15, 0.2) is 11.3 Å². The highest BCUT2D eigenvalue weighted by atomic mass is 32.1. The van der Waals surface area contributed by atoms with Crippen molar-refractivity contribution in [2.45, 2.75) is 39.4 Å². The van der Waals surface area contributed by atoms with E-state index in [4.69, 9.17) is 0 Å². The highest BCUT2D eigenvalue weighted by Gasteiger charge is 2.31. The van der Waals surface area contributed by atoms with Crippen molar-refractivity contribution in [3.05, 3.63) is 11.3 Å². The van der Waals surface area contributed by atoms with Crippen molar-refractivity contribution in [1.29, 1.82) is 0 Å². The first-order valence-corrected chi connectivity index (χ1v) is 6.04. The Bertz CT molecular complexity index is 321. The van der Waals surface area contributed by atoms with Crippen LogP contribution in [-0.2, 0) is 4.79 Å². The van der Waals surface area contributed by atoms with Crippen molar-refractivity contribution in [3.8, 4) is 0 Å². The summed E-state index contributed by atoms with van der Waals surface area (Å²) >= 11 is 4.58. The topological polar surface area (TPSA) is 41.1 Å². The van der Waals surface area contributed by atoms with Crippen LogP contribution in [0.5, 0.6) is 0 Å². The Kier molecular flexibility index (Phi) is 3.75. The maximum atomic E-state index is 11.6. The molecule has 1 heterocycles. The molecule has 0 aromatic heterocycles. The van der Waals surface area contributed by atoms with Gasteiger partial charge in [0.2, 0.25) is 5.91 Å². The smallest absolute Gasteiger partial charge is 0.238 e. The van der Waals surface area contributed by atoms with Gasteiger partial charge >= 0.3 is 0 Å². The van der Waals surface area contributed by atoms with Crippen molar-refractivity contribution in [1.82, 2.24) is 10.6 Å². The number of carbonyl (C=O) groups excluding carboxylic acids is 1. The molecule has 0 aromatic rings. The molecule has 0 bridgehead atoms. The second-order valence-electron chi connectivity index (χ2n) is 5.81. The first-order chi connectivity index (χ1) is 7.12. The molecule has 1 amide bonds. The van der Waals surface area contributed by atoms with Crippen molar-refractivity contribution in [2.75, 3.05) is 13.1 Å². The van der Waals surface area contributed by atoms with Crippen LogP contribution in [0.3, 0.4) is 0 Å². The Morgan fingerprint density at radius 2 is 1.69 bits per heavy atom. The lowest BCUT2D eigenvalue weighted by molar-refractivity contribution is -0.119. The summed E-state index contributed by atoms with van der Waals surface area (Å²) in [6.07, 6.45) is 0. The molecule has 16 heavy (non-hydrogen) atoms. The van der Waals surface area contributed by atoms with Gasteiger partial charge in [0.05, 0.1) is 6.54 Å². The van der Waals surface area contributed by atoms with Gasteiger partial charge in [-0.2, -0.15) is 12.6 Å². The van der Waals surface area contributed by atoms with E-state index >= 15 is 0 Å². The lowest BCUT2D eigenvalue weighted by Crippen LogP contribution is -2.36. The summed E-state index contributed by atoms with van der Waals surface area (Å²) in [5.74, 6) is 0.0105. The Morgan fingerprint density at radius 3 is 2.12 bits per heavy atom. The molecule has 0 atom stereocenters. The van der Waals surface area contributed by atoms with Gasteiger partial charge in [-0.15, -0.1) is 0 Å². The summed E-state index contributed by atoms with van der Waals surface area (Å²) in [5.41, 5.74) is 2.19. The minimum atomic E-state index is -0.329. The average Bonchev–Trinajstić information content (AvgIpc) is 2.23. The van der Waals surface area contributed by atoms with Crippen LogP contribution in [0, 0.1) is 5.41 Å². The molecule has 1 aliphatic rings. The summed E-state index contributed by atoms with van der Waals surface area (Å²) in [6, 6.07) is 0. The van der Waals surface area contributed by atoms with Gasteiger partial charge in [-0.05, 0) is 24.8 Å². The van der Waals surface area contributed by atoms with E-state index in [0.717, 1.165) is 12.2 Å². The molecule has 0 saturated heterocycles. The summed E-state index contributed by atoms with van der Waals surface area (Å²) in [5, 5.41) is 6.13. The summed E-state index contributed by atoms with van der Waals surface area (Å²) in [4.78, 5) is 11.6. The van der Waals surface area contributed by atoms with Crippen LogP contribution in [0.2, 0.25) is 0 Å². The highest BCUT2D eigenvalue weighted by Crippen LogP contribution is 2.34. The zero-order valence-electron chi connectivity index (χ0n) is 10.8. The molecule has 0 spiro atoms. The minimum Gasteiger partial charge on any atom is -0.327 e. The van der Waals surface area contributed by atoms with E-state index in [0.29, 0.717) is 6.54 Å². The Labute approximate surface area is 103 Å². The number of nitrogens with one attached hydrogen (secondary N) is 2. The number of hydrogen-bond acceptors (Lipinski definition) is 3. The molecule has 0 fully saturated rings. The van der Waals surface area contributed by atoms with Gasteiger partial charge in [0.15, 0.2) is 0 Å². The zero-order valence-corrected chi connectivity index (χ0v) is 11.7. The second kappa shape index (κ2) is 4.41. The van der Waals surface area contributed by atoms with Crippen LogP contribution in [-0.4, -0.2) is 23.7 Å². The van der Waals surface area contributed by atoms with Crippen LogP contribution in [0.25, 0.3) is 0 Å². The fourth-order valence-electron chi connectivity index (χ4n) is 1.81. The first kappa shape index (κ1) is 13.6. The maximum Gasteiger partial charge on any atom is 0.238 e.